The molecule has 0 spiro atoms. The molecule has 0 saturated carbocycles. The van der Waals surface area contributed by atoms with Crippen LogP contribution in [0.3, 0.4) is 0 Å². The Balaban J connectivity index is 2.01. The number of aryl methyl sites for hydroxylation is 1. The Labute approximate surface area is 116 Å². The number of rotatable bonds is 5. The van der Waals surface area contributed by atoms with Gasteiger partial charge < -0.3 is 5.32 Å². The zero-order valence-electron chi connectivity index (χ0n) is 12.6. The van der Waals surface area contributed by atoms with Gasteiger partial charge in [0.1, 0.15) is 12.2 Å². The molecule has 1 aliphatic heterocycles. The summed E-state index contributed by atoms with van der Waals surface area (Å²) in [6.45, 7) is 13.0. The molecular weight excluding hydrogens is 238 g/mol. The highest BCUT2D eigenvalue weighted by atomic mass is 15.4. The average molecular weight is 265 g/mol. The number of aromatic nitrogens is 3. The standard InChI is InChI=1S/C14H27N5/c1-5-11(3)13-8-18(12(4)7-15-13)9-14-16-10-17-19(14)6-2/h10-13,15H,5-9H2,1-4H3. The van der Waals surface area contributed by atoms with Gasteiger partial charge in [-0.1, -0.05) is 20.3 Å². The fourth-order valence-electron chi connectivity index (χ4n) is 2.69. The van der Waals surface area contributed by atoms with E-state index in [-0.39, 0.29) is 0 Å². The molecule has 2 rings (SSSR count). The van der Waals surface area contributed by atoms with E-state index < -0.39 is 0 Å². The molecule has 2 heterocycles. The molecule has 1 saturated heterocycles. The lowest BCUT2D eigenvalue weighted by atomic mass is 9.96. The van der Waals surface area contributed by atoms with Crippen LogP contribution in [0.4, 0.5) is 0 Å². The van der Waals surface area contributed by atoms with Gasteiger partial charge in [0.05, 0.1) is 6.54 Å². The summed E-state index contributed by atoms with van der Waals surface area (Å²) in [5, 5.41) is 7.93. The quantitative estimate of drug-likeness (QED) is 0.876. The molecule has 108 valence electrons. The lowest BCUT2D eigenvalue weighted by molar-refractivity contribution is 0.107. The van der Waals surface area contributed by atoms with Crippen molar-refractivity contribution >= 4 is 0 Å². The first kappa shape index (κ1) is 14.5. The van der Waals surface area contributed by atoms with Crippen LogP contribution in [0.25, 0.3) is 0 Å². The number of piperazine rings is 1. The van der Waals surface area contributed by atoms with Gasteiger partial charge in [0.25, 0.3) is 0 Å². The monoisotopic (exact) mass is 265 g/mol. The van der Waals surface area contributed by atoms with Crippen LogP contribution in [0, 0.1) is 5.92 Å². The summed E-state index contributed by atoms with van der Waals surface area (Å²) < 4.78 is 1.99. The second kappa shape index (κ2) is 6.48. The van der Waals surface area contributed by atoms with Gasteiger partial charge in [0.2, 0.25) is 0 Å². The number of hydrogen-bond donors (Lipinski definition) is 1. The number of hydrogen-bond acceptors (Lipinski definition) is 4. The second-order valence-corrected chi connectivity index (χ2v) is 5.67. The van der Waals surface area contributed by atoms with Gasteiger partial charge in [0, 0.05) is 31.7 Å². The topological polar surface area (TPSA) is 46.0 Å². The van der Waals surface area contributed by atoms with E-state index in [9.17, 15) is 0 Å². The lowest BCUT2D eigenvalue weighted by Crippen LogP contribution is -2.57. The Morgan fingerprint density at radius 3 is 2.95 bits per heavy atom. The molecule has 0 aliphatic carbocycles. The van der Waals surface area contributed by atoms with Crippen molar-refractivity contribution in [2.75, 3.05) is 13.1 Å². The zero-order valence-corrected chi connectivity index (χ0v) is 12.6. The summed E-state index contributed by atoms with van der Waals surface area (Å²) in [5.74, 6) is 1.80. The minimum absolute atomic E-state index is 0.558. The van der Waals surface area contributed by atoms with E-state index in [1.807, 2.05) is 4.68 Å². The van der Waals surface area contributed by atoms with E-state index in [4.69, 9.17) is 0 Å². The van der Waals surface area contributed by atoms with Crippen molar-refractivity contribution in [2.45, 2.75) is 59.3 Å². The molecule has 1 aromatic rings. The first-order chi connectivity index (χ1) is 9.15. The third kappa shape index (κ3) is 3.34. The van der Waals surface area contributed by atoms with Crippen molar-refractivity contribution in [3.8, 4) is 0 Å². The molecule has 0 radical (unpaired) electrons. The summed E-state index contributed by atoms with van der Waals surface area (Å²) in [4.78, 5) is 6.93. The van der Waals surface area contributed by atoms with Crippen LogP contribution in [0.2, 0.25) is 0 Å². The Morgan fingerprint density at radius 2 is 2.26 bits per heavy atom. The number of nitrogens with zero attached hydrogens (tertiary/aromatic N) is 4. The number of nitrogens with one attached hydrogen (secondary N) is 1. The summed E-state index contributed by atoms with van der Waals surface area (Å²) in [5.41, 5.74) is 0. The molecule has 3 atom stereocenters. The molecular formula is C14H27N5. The van der Waals surface area contributed by atoms with Gasteiger partial charge in [-0.2, -0.15) is 5.10 Å². The van der Waals surface area contributed by atoms with Gasteiger partial charge in [-0.3, -0.25) is 4.90 Å². The Hall–Kier alpha value is -0.940. The third-order valence-corrected chi connectivity index (χ3v) is 4.40. The summed E-state index contributed by atoms with van der Waals surface area (Å²) in [6, 6.07) is 1.15. The van der Waals surface area contributed by atoms with Crippen LogP contribution in [-0.4, -0.2) is 44.8 Å². The maximum Gasteiger partial charge on any atom is 0.141 e. The maximum atomic E-state index is 4.40. The summed E-state index contributed by atoms with van der Waals surface area (Å²) in [7, 11) is 0. The largest absolute Gasteiger partial charge is 0.311 e. The van der Waals surface area contributed by atoms with E-state index in [1.165, 1.54) is 6.42 Å². The van der Waals surface area contributed by atoms with Crippen molar-refractivity contribution in [3.05, 3.63) is 12.2 Å². The second-order valence-electron chi connectivity index (χ2n) is 5.67. The van der Waals surface area contributed by atoms with Gasteiger partial charge in [0.15, 0.2) is 0 Å². The van der Waals surface area contributed by atoms with Crippen LogP contribution in [-0.2, 0) is 13.1 Å². The van der Waals surface area contributed by atoms with Crippen LogP contribution in [0.1, 0.15) is 39.9 Å². The Bertz CT molecular complexity index is 389. The first-order valence-corrected chi connectivity index (χ1v) is 7.49. The minimum Gasteiger partial charge on any atom is -0.311 e. The van der Waals surface area contributed by atoms with Gasteiger partial charge in [-0.15, -0.1) is 0 Å². The molecule has 3 unspecified atom stereocenters. The van der Waals surface area contributed by atoms with E-state index in [0.717, 1.165) is 37.9 Å². The molecule has 19 heavy (non-hydrogen) atoms. The highest BCUT2D eigenvalue weighted by Crippen LogP contribution is 2.17. The lowest BCUT2D eigenvalue weighted by Gasteiger charge is -2.40. The predicted molar refractivity (Wildman–Crippen MR) is 76.8 cm³/mol. The summed E-state index contributed by atoms with van der Waals surface area (Å²) in [6.07, 6.45) is 2.89. The smallest absolute Gasteiger partial charge is 0.141 e. The van der Waals surface area contributed by atoms with Crippen LogP contribution in [0.15, 0.2) is 6.33 Å². The van der Waals surface area contributed by atoms with E-state index in [2.05, 4.69) is 48.0 Å². The molecule has 5 nitrogen and oxygen atoms in total. The predicted octanol–water partition coefficient (Wildman–Crippen LogP) is 1.51. The van der Waals surface area contributed by atoms with Crippen molar-refractivity contribution < 1.29 is 0 Å². The van der Waals surface area contributed by atoms with Gasteiger partial charge in [-0.25, -0.2) is 9.67 Å². The van der Waals surface area contributed by atoms with E-state index >= 15 is 0 Å². The molecule has 1 fully saturated rings. The van der Waals surface area contributed by atoms with Crippen LogP contribution in [0.5, 0.6) is 0 Å². The first-order valence-electron chi connectivity index (χ1n) is 7.49. The highest BCUT2D eigenvalue weighted by Gasteiger charge is 2.28. The Morgan fingerprint density at radius 1 is 1.47 bits per heavy atom. The molecule has 0 aromatic carbocycles. The molecule has 0 amide bonds. The van der Waals surface area contributed by atoms with E-state index in [0.29, 0.717) is 12.1 Å². The molecule has 1 N–H and O–H groups in total. The highest BCUT2D eigenvalue weighted by molar-refractivity contribution is 4.91. The van der Waals surface area contributed by atoms with Crippen molar-refractivity contribution in [1.82, 2.24) is 25.0 Å². The summed E-state index contributed by atoms with van der Waals surface area (Å²) >= 11 is 0. The fourth-order valence-corrected chi connectivity index (χ4v) is 2.69. The van der Waals surface area contributed by atoms with Crippen molar-refractivity contribution in [2.24, 2.45) is 5.92 Å². The molecule has 0 bridgehead atoms. The minimum atomic E-state index is 0.558. The Kier molecular flexibility index (Phi) is 4.93. The van der Waals surface area contributed by atoms with Crippen LogP contribution < -0.4 is 5.32 Å². The molecule has 1 aromatic heterocycles. The zero-order chi connectivity index (χ0) is 13.8. The van der Waals surface area contributed by atoms with Gasteiger partial charge >= 0.3 is 0 Å². The van der Waals surface area contributed by atoms with Gasteiger partial charge in [-0.05, 0) is 19.8 Å². The third-order valence-electron chi connectivity index (χ3n) is 4.40. The van der Waals surface area contributed by atoms with E-state index in [1.54, 1.807) is 6.33 Å². The van der Waals surface area contributed by atoms with Crippen molar-refractivity contribution in [3.63, 3.8) is 0 Å². The average Bonchev–Trinajstić information content (AvgIpc) is 2.87. The van der Waals surface area contributed by atoms with Crippen molar-refractivity contribution in [1.29, 1.82) is 0 Å². The van der Waals surface area contributed by atoms with Crippen LogP contribution >= 0.6 is 0 Å². The fraction of sp³-hybridized carbons (Fsp3) is 0.857. The molecule has 1 aliphatic rings. The molecule has 5 heteroatoms. The maximum absolute atomic E-state index is 4.40. The normalized spacial score (nSPS) is 26.5. The SMILES string of the molecule is CCC(C)C1CN(Cc2ncnn2CC)C(C)CN1.